The monoisotopic (exact) mass is 384 g/mol. The standard InChI is InChI=1S/C19H17FN4O4/c20-15-9-13-16(26)14(19(27)28)10-24(11-1-3-12(25)4-2-11)17(13)22-18(15)23-7-5-21-6-8-23/h1-4,9-10,21,25H,5-8H2,(H,27,28). The lowest BCUT2D eigenvalue weighted by Gasteiger charge is -2.29. The van der Waals surface area contributed by atoms with Crippen LogP contribution < -0.4 is 15.6 Å². The third-order valence-corrected chi connectivity index (χ3v) is 4.69. The van der Waals surface area contributed by atoms with Crippen LogP contribution in [0.5, 0.6) is 5.75 Å². The molecule has 0 amide bonds. The predicted octanol–water partition coefficient (Wildman–Crippen LogP) is 1.34. The molecule has 0 saturated carbocycles. The number of hydrogen-bond acceptors (Lipinski definition) is 6. The molecule has 28 heavy (non-hydrogen) atoms. The maximum atomic E-state index is 14.8. The van der Waals surface area contributed by atoms with Crippen molar-refractivity contribution in [3.05, 3.63) is 58.1 Å². The van der Waals surface area contributed by atoms with Crippen LogP contribution in [0.4, 0.5) is 10.2 Å². The van der Waals surface area contributed by atoms with Crippen molar-refractivity contribution in [1.82, 2.24) is 14.9 Å². The molecular formula is C19H17FN4O4. The average Bonchev–Trinajstić information content (AvgIpc) is 2.69. The smallest absolute Gasteiger partial charge is 0.341 e. The van der Waals surface area contributed by atoms with E-state index in [1.807, 2.05) is 0 Å². The first-order valence-electron chi connectivity index (χ1n) is 8.70. The normalized spacial score (nSPS) is 14.4. The Morgan fingerprint density at radius 2 is 1.86 bits per heavy atom. The van der Waals surface area contributed by atoms with Gasteiger partial charge in [-0.1, -0.05) is 0 Å². The van der Waals surface area contributed by atoms with Gasteiger partial charge in [0.25, 0.3) is 0 Å². The number of anilines is 1. The van der Waals surface area contributed by atoms with Crippen molar-refractivity contribution < 1.29 is 19.4 Å². The molecule has 1 aromatic carbocycles. The summed E-state index contributed by atoms with van der Waals surface area (Å²) in [4.78, 5) is 30.3. The van der Waals surface area contributed by atoms with Gasteiger partial charge in [0.05, 0.1) is 5.39 Å². The Bertz CT molecular complexity index is 1120. The predicted molar refractivity (Wildman–Crippen MR) is 101 cm³/mol. The second kappa shape index (κ2) is 6.93. The van der Waals surface area contributed by atoms with E-state index >= 15 is 0 Å². The van der Waals surface area contributed by atoms with E-state index in [0.29, 0.717) is 31.9 Å². The van der Waals surface area contributed by atoms with Crippen LogP contribution in [0.1, 0.15) is 10.4 Å². The van der Waals surface area contributed by atoms with Crippen LogP contribution in [0.3, 0.4) is 0 Å². The van der Waals surface area contributed by atoms with Crippen molar-refractivity contribution in [2.24, 2.45) is 0 Å². The van der Waals surface area contributed by atoms with Gasteiger partial charge in [-0.25, -0.2) is 14.2 Å². The fourth-order valence-electron chi connectivity index (χ4n) is 3.28. The lowest BCUT2D eigenvalue weighted by molar-refractivity contribution is 0.0695. The highest BCUT2D eigenvalue weighted by atomic mass is 19.1. The van der Waals surface area contributed by atoms with Gasteiger partial charge in [0, 0.05) is 38.1 Å². The molecule has 0 unspecified atom stereocenters. The van der Waals surface area contributed by atoms with E-state index in [2.05, 4.69) is 10.3 Å². The summed E-state index contributed by atoms with van der Waals surface area (Å²) in [6.07, 6.45) is 1.17. The van der Waals surface area contributed by atoms with Crippen molar-refractivity contribution in [2.75, 3.05) is 31.1 Å². The van der Waals surface area contributed by atoms with E-state index < -0.39 is 22.8 Å². The van der Waals surface area contributed by atoms with Gasteiger partial charge in [0.2, 0.25) is 5.43 Å². The topological polar surface area (TPSA) is 108 Å². The number of hydrogen-bond donors (Lipinski definition) is 3. The van der Waals surface area contributed by atoms with Gasteiger partial charge in [-0.3, -0.25) is 4.79 Å². The van der Waals surface area contributed by atoms with E-state index in [9.17, 15) is 24.2 Å². The molecule has 1 aliphatic heterocycles. The van der Waals surface area contributed by atoms with Crippen LogP contribution >= 0.6 is 0 Å². The average molecular weight is 384 g/mol. The van der Waals surface area contributed by atoms with Gasteiger partial charge in [-0.05, 0) is 30.3 Å². The first kappa shape index (κ1) is 17.9. The Hall–Kier alpha value is -3.46. The third-order valence-electron chi connectivity index (χ3n) is 4.69. The summed E-state index contributed by atoms with van der Waals surface area (Å²) in [6.45, 7) is 2.49. The highest BCUT2D eigenvalue weighted by Crippen LogP contribution is 2.24. The molecule has 1 aliphatic rings. The zero-order valence-electron chi connectivity index (χ0n) is 14.7. The van der Waals surface area contributed by atoms with Gasteiger partial charge < -0.3 is 25.0 Å². The fraction of sp³-hybridized carbons (Fsp3) is 0.211. The summed E-state index contributed by atoms with van der Waals surface area (Å²) in [5.74, 6) is -1.94. The molecule has 0 spiro atoms. The van der Waals surface area contributed by atoms with Gasteiger partial charge in [-0.15, -0.1) is 0 Å². The lowest BCUT2D eigenvalue weighted by Crippen LogP contribution is -2.44. The number of phenolic OH excluding ortho intramolecular Hbond substituents is 1. The van der Waals surface area contributed by atoms with E-state index in [1.54, 1.807) is 17.0 Å². The molecule has 8 nitrogen and oxygen atoms in total. The van der Waals surface area contributed by atoms with E-state index in [1.165, 1.54) is 22.9 Å². The summed E-state index contributed by atoms with van der Waals surface area (Å²) in [5.41, 5.74) is -0.654. The summed E-state index contributed by atoms with van der Waals surface area (Å²) >= 11 is 0. The van der Waals surface area contributed by atoms with Crippen LogP contribution in [0.25, 0.3) is 16.7 Å². The number of fused-ring (bicyclic) bond motifs is 1. The quantitative estimate of drug-likeness (QED) is 0.625. The number of benzene rings is 1. The Balaban J connectivity index is 2.01. The number of piperazine rings is 1. The molecular weight excluding hydrogens is 367 g/mol. The van der Waals surface area contributed by atoms with Gasteiger partial charge in [-0.2, -0.15) is 0 Å². The molecule has 1 fully saturated rings. The summed E-state index contributed by atoms with van der Waals surface area (Å²) < 4.78 is 16.2. The SMILES string of the molecule is O=C(O)c1cn(-c2ccc(O)cc2)c2nc(N3CCNCC3)c(F)cc2c1=O. The number of nitrogens with zero attached hydrogens (tertiary/aromatic N) is 3. The number of rotatable bonds is 3. The van der Waals surface area contributed by atoms with Crippen molar-refractivity contribution in [3.8, 4) is 11.4 Å². The zero-order chi connectivity index (χ0) is 19.8. The number of halogens is 1. The Morgan fingerprint density at radius 1 is 1.18 bits per heavy atom. The third kappa shape index (κ3) is 3.05. The molecule has 3 aromatic rings. The zero-order valence-corrected chi connectivity index (χ0v) is 14.7. The molecule has 3 heterocycles. The van der Waals surface area contributed by atoms with Crippen molar-refractivity contribution in [3.63, 3.8) is 0 Å². The Kier molecular flexibility index (Phi) is 4.44. The Labute approximate surface area is 158 Å². The van der Waals surface area contributed by atoms with Crippen LogP contribution in [0.15, 0.2) is 41.3 Å². The number of pyridine rings is 2. The minimum absolute atomic E-state index is 0.0352. The van der Waals surface area contributed by atoms with Crippen LogP contribution in [-0.2, 0) is 0 Å². The molecule has 0 atom stereocenters. The first-order valence-corrected chi connectivity index (χ1v) is 8.70. The maximum Gasteiger partial charge on any atom is 0.341 e. The molecule has 1 saturated heterocycles. The number of nitrogens with one attached hydrogen (secondary N) is 1. The van der Waals surface area contributed by atoms with Crippen molar-refractivity contribution in [1.29, 1.82) is 0 Å². The number of carboxylic acids is 1. The number of aromatic nitrogens is 2. The number of aromatic hydroxyl groups is 1. The molecule has 0 radical (unpaired) electrons. The highest BCUT2D eigenvalue weighted by Gasteiger charge is 2.22. The maximum absolute atomic E-state index is 14.8. The van der Waals surface area contributed by atoms with Gasteiger partial charge in [0.1, 0.15) is 11.3 Å². The van der Waals surface area contributed by atoms with E-state index in [4.69, 9.17) is 0 Å². The second-order valence-corrected chi connectivity index (χ2v) is 6.47. The lowest BCUT2D eigenvalue weighted by atomic mass is 10.1. The van der Waals surface area contributed by atoms with Crippen molar-refractivity contribution >= 4 is 22.8 Å². The number of phenols is 1. The number of carbonyl (C=O) groups is 1. The Morgan fingerprint density at radius 3 is 2.50 bits per heavy atom. The van der Waals surface area contributed by atoms with Crippen LogP contribution in [0, 0.1) is 5.82 Å². The molecule has 3 N–H and O–H groups in total. The summed E-state index contributed by atoms with van der Waals surface area (Å²) in [6, 6.07) is 7.02. The molecule has 144 valence electrons. The molecule has 2 aromatic heterocycles. The molecule has 0 aliphatic carbocycles. The molecule has 9 heteroatoms. The number of aromatic carboxylic acids is 1. The molecule has 4 rings (SSSR count). The number of carboxylic acid groups (broad SMARTS) is 1. The minimum atomic E-state index is -1.41. The van der Waals surface area contributed by atoms with Crippen LogP contribution in [0.2, 0.25) is 0 Å². The van der Waals surface area contributed by atoms with Crippen LogP contribution in [-0.4, -0.2) is 51.9 Å². The van der Waals surface area contributed by atoms with E-state index in [0.717, 1.165) is 6.07 Å². The van der Waals surface area contributed by atoms with Crippen molar-refractivity contribution in [2.45, 2.75) is 0 Å². The first-order chi connectivity index (χ1) is 13.5. The largest absolute Gasteiger partial charge is 0.508 e. The van der Waals surface area contributed by atoms with E-state index in [-0.39, 0.29) is 22.6 Å². The molecule has 0 bridgehead atoms. The summed E-state index contributed by atoms with van der Waals surface area (Å²) in [5, 5.41) is 22.0. The second-order valence-electron chi connectivity index (χ2n) is 6.47. The highest BCUT2D eigenvalue weighted by molar-refractivity contribution is 5.92. The van der Waals surface area contributed by atoms with Gasteiger partial charge >= 0.3 is 5.97 Å². The summed E-state index contributed by atoms with van der Waals surface area (Å²) in [7, 11) is 0. The fourth-order valence-corrected chi connectivity index (χ4v) is 3.28. The van der Waals surface area contributed by atoms with Gasteiger partial charge in [0.15, 0.2) is 17.3 Å². The minimum Gasteiger partial charge on any atom is -0.508 e.